The van der Waals surface area contributed by atoms with Gasteiger partial charge in [0.05, 0.1) is 40.4 Å². The van der Waals surface area contributed by atoms with E-state index in [1.165, 1.54) is 22.7 Å². The molecule has 5 rings (SSSR count). The number of amides is 1. The third-order valence-electron chi connectivity index (χ3n) is 4.43. The summed E-state index contributed by atoms with van der Waals surface area (Å²) >= 11 is 2.81. The first-order chi connectivity index (χ1) is 14.2. The van der Waals surface area contributed by atoms with Crippen LogP contribution in [0.1, 0.15) is 15.6 Å². The number of nitrogens with zero attached hydrogens (tertiary/aromatic N) is 3. The second-order valence-corrected chi connectivity index (χ2v) is 8.33. The van der Waals surface area contributed by atoms with Gasteiger partial charge in [0, 0.05) is 0 Å². The van der Waals surface area contributed by atoms with Crippen LogP contribution in [0.25, 0.3) is 20.4 Å². The average molecular weight is 422 g/mol. The van der Waals surface area contributed by atoms with Crippen LogP contribution in [0.2, 0.25) is 0 Å². The number of furan rings is 1. The van der Waals surface area contributed by atoms with Crippen molar-refractivity contribution in [2.45, 2.75) is 6.54 Å². The molecule has 0 aliphatic rings. The van der Waals surface area contributed by atoms with Crippen molar-refractivity contribution >= 4 is 54.1 Å². The lowest BCUT2D eigenvalue weighted by Crippen LogP contribution is -2.30. The summed E-state index contributed by atoms with van der Waals surface area (Å²) in [4.78, 5) is 24.2. The van der Waals surface area contributed by atoms with E-state index >= 15 is 0 Å². The number of carbonyl (C=O) groups is 1. The van der Waals surface area contributed by atoms with E-state index in [9.17, 15) is 4.79 Å². The van der Waals surface area contributed by atoms with Crippen LogP contribution < -0.4 is 9.64 Å². The molecule has 8 heteroatoms. The van der Waals surface area contributed by atoms with Crippen LogP contribution in [0.3, 0.4) is 0 Å². The highest BCUT2D eigenvalue weighted by Gasteiger charge is 2.25. The summed E-state index contributed by atoms with van der Waals surface area (Å²) in [5.41, 5.74) is 1.63. The zero-order valence-electron chi connectivity index (χ0n) is 15.4. The van der Waals surface area contributed by atoms with Crippen molar-refractivity contribution in [2.75, 3.05) is 12.0 Å². The largest absolute Gasteiger partial charge is 0.497 e. The lowest BCUT2D eigenvalue weighted by atomic mass is 10.3. The van der Waals surface area contributed by atoms with E-state index < -0.39 is 0 Å². The van der Waals surface area contributed by atoms with Gasteiger partial charge in [-0.15, -0.1) is 11.3 Å². The second kappa shape index (κ2) is 7.31. The molecule has 0 aliphatic heterocycles. The van der Waals surface area contributed by atoms with Gasteiger partial charge in [0.15, 0.2) is 10.1 Å². The molecule has 3 aromatic heterocycles. The minimum Gasteiger partial charge on any atom is -0.497 e. The molecule has 0 unspecified atom stereocenters. The summed E-state index contributed by atoms with van der Waals surface area (Å²) in [6.07, 6.45) is 1.60. The van der Waals surface area contributed by atoms with Crippen LogP contribution in [0.5, 0.6) is 5.75 Å². The number of hydrogen-bond donors (Lipinski definition) is 0. The molecule has 0 saturated carbocycles. The van der Waals surface area contributed by atoms with Gasteiger partial charge in [0.25, 0.3) is 5.91 Å². The van der Waals surface area contributed by atoms with Crippen molar-refractivity contribution in [3.05, 3.63) is 71.6 Å². The van der Waals surface area contributed by atoms with Crippen LogP contribution in [-0.2, 0) is 6.54 Å². The van der Waals surface area contributed by atoms with E-state index in [4.69, 9.17) is 9.15 Å². The summed E-state index contributed by atoms with van der Waals surface area (Å²) in [6, 6.07) is 17.0. The fraction of sp³-hybridized carbons (Fsp3) is 0.0952. The molecule has 0 saturated heterocycles. The Morgan fingerprint density at radius 2 is 1.90 bits per heavy atom. The Labute approximate surface area is 174 Å². The molecule has 0 radical (unpaired) electrons. The molecule has 0 spiro atoms. The van der Waals surface area contributed by atoms with Gasteiger partial charge in [-0.1, -0.05) is 23.5 Å². The number of aromatic nitrogens is 2. The number of thiazole rings is 2. The molecule has 144 valence electrons. The Kier molecular flexibility index (Phi) is 4.49. The second-order valence-electron chi connectivity index (χ2n) is 6.29. The summed E-state index contributed by atoms with van der Waals surface area (Å²) in [6.45, 7) is 0.277. The fourth-order valence-electron chi connectivity index (χ4n) is 3.00. The molecule has 5 aromatic rings. The van der Waals surface area contributed by atoms with Gasteiger partial charge in [-0.3, -0.25) is 9.69 Å². The molecule has 0 fully saturated rings. The lowest BCUT2D eigenvalue weighted by molar-refractivity contribution is 0.0983. The zero-order chi connectivity index (χ0) is 19.8. The molecule has 0 N–H and O–H groups in total. The van der Waals surface area contributed by atoms with Gasteiger partial charge in [-0.25, -0.2) is 9.97 Å². The van der Waals surface area contributed by atoms with Gasteiger partial charge < -0.3 is 9.15 Å². The summed E-state index contributed by atoms with van der Waals surface area (Å²) in [5.74, 6) is 1.23. The van der Waals surface area contributed by atoms with Crippen LogP contribution >= 0.6 is 22.7 Å². The number of para-hydroxylation sites is 1. The first-order valence-electron chi connectivity index (χ1n) is 8.85. The monoisotopic (exact) mass is 421 g/mol. The number of benzene rings is 2. The van der Waals surface area contributed by atoms with Crippen LogP contribution in [0.4, 0.5) is 5.13 Å². The van der Waals surface area contributed by atoms with Crippen molar-refractivity contribution in [3.63, 3.8) is 0 Å². The van der Waals surface area contributed by atoms with Crippen LogP contribution in [-0.4, -0.2) is 23.0 Å². The number of anilines is 1. The van der Waals surface area contributed by atoms with Gasteiger partial charge >= 0.3 is 0 Å². The smallest absolute Gasteiger partial charge is 0.289 e. The van der Waals surface area contributed by atoms with Gasteiger partial charge in [0.1, 0.15) is 11.5 Å². The lowest BCUT2D eigenvalue weighted by Gasteiger charge is -2.17. The molecule has 3 heterocycles. The van der Waals surface area contributed by atoms with E-state index in [2.05, 4.69) is 9.97 Å². The molecular weight excluding hydrogens is 406 g/mol. The Hall–Kier alpha value is -3.23. The minimum absolute atomic E-state index is 0.200. The predicted octanol–water partition coefficient (Wildman–Crippen LogP) is 5.35. The van der Waals surface area contributed by atoms with Crippen LogP contribution in [0.15, 0.2) is 65.3 Å². The number of fused-ring (bicyclic) bond motifs is 2. The zero-order valence-corrected chi connectivity index (χ0v) is 17.0. The highest BCUT2D eigenvalue weighted by molar-refractivity contribution is 7.23. The van der Waals surface area contributed by atoms with Gasteiger partial charge in [-0.2, -0.15) is 0 Å². The molecule has 0 bridgehead atoms. The molecule has 2 aromatic carbocycles. The van der Waals surface area contributed by atoms with Gasteiger partial charge in [-0.05, 0) is 42.5 Å². The van der Waals surface area contributed by atoms with Crippen molar-refractivity contribution < 1.29 is 13.9 Å². The third kappa shape index (κ3) is 3.37. The molecule has 6 nitrogen and oxygen atoms in total. The van der Waals surface area contributed by atoms with E-state index in [-0.39, 0.29) is 12.5 Å². The predicted molar refractivity (Wildman–Crippen MR) is 115 cm³/mol. The minimum atomic E-state index is -0.200. The maximum Gasteiger partial charge on any atom is 0.289 e. The number of rotatable bonds is 5. The Balaban J connectivity index is 1.58. The maximum atomic E-state index is 13.4. The van der Waals surface area contributed by atoms with E-state index in [0.717, 1.165) is 26.2 Å². The average Bonchev–Trinajstić information content (AvgIpc) is 3.49. The fourth-order valence-corrected chi connectivity index (χ4v) is 4.91. The third-order valence-corrected chi connectivity index (χ3v) is 6.50. The molecule has 0 aliphatic carbocycles. The summed E-state index contributed by atoms with van der Waals surface area (Å²) in [5, 5.41) is 1.02. The quantitative estimate of drug-likeness (QED) is 0.382. The SMILES string of the molecule is COc1ccc2nc(N(Cc3ccco3)C(=O)c3nc4ccccc4s3)sc2c1. The van der Waals surface area contributed by atoms with Crippen molar-refractivity contribution in [3.8, 4) is 5.75 Å². The maximum absolute atomic E-state index is 13.4. The number of hydrogen-bond acceptors (Lipinski definition) is 7. The Morgan fingerprint density at radius 1 is 1.03 bits per heavy atom. The van der Waals surface area contributed by atoms with E-state index in [0.29, 0.717) is 15.9 Å². The van der Waals surface area contributed by atoms with Crippen LogP contribution in [0, 0.1) is 0 Å². The number of methoxy groups -OCH3 is 1. The Morgan fingerprint density at radius 3 is 2.69 bits per heavy atom. The van der Waals surface area contributed by atoms with Crippen molar-refractivity contribution in [1.82, 2.24) is 9.97 Å². The summed E-state index contributed by atoms with van der Waals surface area (Å²) in [7, 11) is 1.63. The number of ether oxygens (including phenoxy) is 1. The topological polar surface area (TPSA) is 68.5 Å². The van der Waals surface area contributed by atoms with Gasteiger partial charge in [0.2, 0.25) is 0 Å². The first-order valence-corrected chi connectivity index (χ1v) is 10.5. The standard InChI is InChI=1S/C21H15N3O3S2/c1-26-13-8-9-16-18(11-13)29-21(23-16)24(12-14-5-4-10-27-14)20(25)19-22-15-6-2-3-7-17(15)28-19/h2-11H,12H2,1H3. The molecule has 0 atom stereocenters. The summed E-state index contributed by atoms with van der Waals surface area (Å²) < 4.78 is 12.7. The highest BCUT2D eigenvalue weighted by Crippen LogP contribution is 2.34. The Bertz CT molecular complexity index is 1270. The number of carbonyl (C=O) groups excluding carboxylic acids is 1. The highest BCUT2D eigenvalue weighted by atomic mass is 32.1. The molecule has 1 amide bonds. The van der Waals surface area contributed by atoms with E-state index in [1.54, 1.807) is 24.3 Å². The normalized spacial score (nSPS) is 11.2. The van der Waals surface area contributed by atoms with E-state index in [1.807, 2.05) is 48.5 Å². The molecule has 29 heavy (non-hydrogen) atoms. The molecular formula is C21H15N3O3S2. The first kappa shape index (κ1) is 17.8. The van der Waals surface area contributed by atoms with Crippen molar-refractivity contribution in [2.24, 2.45) is 0 Å². The van der Waals surface area contributed by atoms with Crippen molar-refractivity contribution in [1.29, 1.82) is 0 Å².